The van der Waals surface area contributed by atoms with Crippen LogP contribution in [0.15, 0.2) is 0 Å². The van der Waals surface area contributed by atoms with Crippen molar-refractivity contribution >= 4 is 17.7 Å². The summed E-state index contributed by atoms with van der Waals surface area (Å²) in [7, 11) is 0. The lowest BCUT2D eigenvalue weighted by Gasteiger charge is -2.32. The molecule has 42 heavy (non-hydrogen) atoms. The minimum absolute atomic E-state index is 0.0786. The van der Waals surface area contributed by atoms with Gasteiger partial charge in [-0.2, -0.15) is 0 Å². The molecule has 3 amide bonds. The molecular formula is C36H65N3O3. The molecule has 3 aliphatic rings. The Morgan fingerprint density at radius 1 is 0.476 bits per heavy atom. The molecule has 3 saturated carbocycles. The topological polar surface area (TPSA) is 87.3 Å². The molecule has 0 unspecified atom stereocenters. The van der Waals surface area contributed by atoms with E-state index < -0.39 is 5.92 Å². The van der Waals surface area contributed by atoms with E-state index in [1.807, 2.05) is 0 Å². The number of hydrogen-bond acceptors (Lipinski definition) is 3. The summed E-state index contributed by atoms with van der Waals surface area (Å²) in [6, 6.07) is 0.536. The van der Waals surface area contributed by atoms with E-state index >= 15 is 0 Å². The van der Waals surface area contributed by atoms with Gasteiger partial charge < -0.3 is 16.0 Å². The van der Waals surface area contributed by atoms with Gasteiger partial charge in [0.2, 0.25) is 17.7 Å². The van der Waals surface area contributed by atoms with Crippen LogP contribution in [0.4, 0.5) is 0 Å². The monoisotopic (exact) mass is 588 g/mol. The van der Waals surface area contributed by atoms with Crippen LogP contribution in [0.3, 0.4) is 0 Å². The minimum atomic E-state index is -0.618. The van der Waals surface area contributed by atoms with Crippen molar-refractivity contribution in [2.45, 2.75) is 169 Å². The maximum Gasteiger partial charge on any atom is 0.224 e. The minimum Gasteiger partial charge on any atom is -0.353 e. The Morgan fingerprint density at radius 3 is 1.05 bits per heavy atom. The highest BCUT2D eigenvalue weighted by Gasteiger charge is 2.31. The summed E-state index contributed by atoms with van der Waals surface area (Å²) in [6.07, 6.45) is 16.9. The largest absolute Gasteiger partial charge is 0.353 e. The van der Waals surface area contributed by atoms with E-state index in [2.05, 4.69) is 57.5 Å². The summed E-state index contributed by atoms with van der Waals surface area (Å²) in [4.78, 5) is 39.9. The van der Waals surface area contributed by atoms with Crippen LogP contribution in [-0.2, 0) is 14.4 Å². The highest BCUT2D eigenvalue weighted by molar-refractivity contribution is 5.90. The summed E-state index contributed by atoms with van der Waals surface area (Å²) in [6.45, 7) is 13.7. The van der Waals surface area contributed by atoms with Gasteiger partial charge in [-0.1, -0.05) is 41.5 Å². The molecule has 3 rings (SSSR count). The zero-order valence-corrected chi connectivity index (χ0v) is 28.0. The fourth-order valence-electron chi connectivity index (χ4n) is 8.22. The number of amides is 3. The number of rotatable bonds is 14. The van der Waals surface area contributed by atoms with E-state index in [4.69, 9.17) is 0 Å². The Morgan fingerprint density at radius 2 is 0.762 bits per heavy atom. The van der Waals surface area contributed by atoms with Crippen molar-refractivity contribution in [3.05, 3.63) is 0 Å². The second kappa shape index (κ2) is 17.6. The first kappa shape index (κ1) is 34.9. The predicted molar refractivity (Wildman–Crippen MR) is 173 cm³/mol. The van der Waals surface area contributed by atoms with Gasteiger partial charge in [0.05, 0.1) is 5.92 Å². The Hall–Kier alpha value is -1.59. The molecule has 242 valence electrons. The third-order valence-corrected chi connectivity index (χ3v) is 10.3. The van der Waals surface area contributed by atoms with Crippen LogP contribution in [0.1, 0.15) is 151 Å². The molecule has 3 fully saturated rings. The number of carbonyl (C=O) groups is 3. The van der Waals surface area contributed by atoms with Crippen molar-refractivity contribution in [2.75, 3.05) is 0 Å². The summed E-state index contributed by atoms with van der Waals surface area (Å²) >= 11 is 0. The van der Waals surface area contributed by atoms with E-state index in [9.17, 15) is 14.4 Å². The molecule has 0 aromatic heterocycles. The molecule has 3 aliphatic carbocycles. The lowest BCUT2D eigenvalue weighted by Crippen LogP contribution is -2.46. The number of nitrogens with one attached hydrogen (secondary N) is 3. The third kappa shape index (κ3) is 13.0. The van der Waals surface area contributed by atoms with Gasteiger partial charge in [0.1, 0.15) is 0 Å². The zero-order chi connectivity index (χ0) is 30.6. The summed E-state index contributed by atoms with van der Waals surface area (Å²) in [5.41, 5.74) is 0. The van der Waals surface area contributed by atoms with Crippen LogP contribution in [0.5, 0.6) is 0 Å². The zero-order valence-electron chi connectivity index (χ0n) is 28.0. The van der Waals surface area contributed by atoms with Crippen LogP contribution >= 0.6 is 0 Å². The Bertz CT molecular complexity index is 771. The summed E-state index contributed by atoms with van der Waals surface area (Å²) in [5, 5.41) is 9.72. The quantitative estimate of drug-likeness (QED) is 0.196. The number of carbonyl (C=O) groups excluding carboxylic acids is 3. The molecule has 0 aromatic rings. The van der Waals surface area contributed by atoms with Crippen molar-refractivity contribution < 1.29 is 14.4 Å². The van der Waals surface area contributed by atoms with E-state index in [1.54, 1.807) is 0 Å². The maximum atomic E-state index is 13.5. The Balaban J connectivity index is 1.52. The van der Waals surface area contributed by atoms with Crippen LogP contribution in [0.25, 0.3) is 0 Å². The molecule has 6 heteroatoms. The van der Waals surface area contributed by atoms with Gasteiger partial charge >= 0.3 is 0 Å². The third-order valence-electron chi connectivity index (χ3n) is 10.3. The average molecular weight is 588 g/mol. The predicted octanol–water partition coefficient (Wildman–Crippen LogP) is 7.55. The second-order valence-electron chi connectivity index (χ2n) is 15.8. The van der Waals surface area contributed by atoms with Crippen molar-refractivity contribution in [2.24, 2.45) is 41.4 Å². The van der Waals surface area contributed by atoms with Crippen LogP contribution in [-0.4, -0.2) is 35.8 Å². The van der Waals surface area contributed by atoms with Gasteiger partial charge in [-0.3, -0.25) is 14.4 Å². The second-order valence-corrected chi connectivity index (χ2v) is 15.8. The fourth-order valence-corrected chi connectivity index (χ4v) is 8.22. The van der Waals surface area contributed by atoms with E-state index in [0.717, 1.165) is 94.8 Å². The van der Waals surface area contributed by atoms with Gasteiger partial charge in [0, 0.05) is 31.0 Å². The van der Waals surface area contributed by atoms with Gasteiger partial charge in [-0.25, -0.2) is 0 Å². The summed E-state index contributed by atoms with van der Waals surface area (Å²) in [5.74, 6) is 3.51. The molecule has 3 N–H and O–H groups in total. The van der Waals surface area contributed by atoms with Crippen molar-refractivity contribution in [1.29, 1.82) is 0 Å². The lowest BCUT2D eigenvalue weighted by molar-refractivity contribution is -0.134. The van der Waals surface area contributed by atoms with Gasteiger partial charge in [-0.05, 0) is 132 Å². The molecular weight excluding hydrogens is 522 g/mol. The molecule has 0 aromatic carbocycles. The Kier molecular flexibility index (Phi) is 14.7. The smallest absolute Gasteiger partial charge is 0.224 e. The number of hydrogen-bond donors (Lipinski definition) is 3. The van der Waals surface area contributed by atoms with Crippen LogP contribution in [0.2, 0.25) is 0 Å². The molecule has 0 heterocycles. The standard InChI is InChI=1S/C36H65N3O3/c1-24(2)19-27-7-13-31(14-8-27)37-34(40)22-30(36(42)39-33-17-11-29(12-18-33)21-26(5)6)23-35(41)38-32-15-9-28(10-16-32)20-25(3)4/h24-33H,7-23H2,1-6H3,(H,37,40)(H,38,41)(H,39,42). The Labute approximate surface area is 258 Å². The van der Waals surface area contributed by atoms with Crippen molar-refractivity contribution in [3.8, 4) is 0 Å². The first-order valence-corrected chi connectivity index (χ1v) is 17.9. The molecule has 6 nitrogen and oxygen atoms in total. The SMILES string of the molecule is CC(C)CC1CCC(NC(=O)CC(CC(=O)NC2CCC(CC(C)C)CC2)C(=O)NC2CCC(CC(C)C)CC2)CC1. The normalized spacial score (nSPS) is 29.4. The first-order valence-electron chi connectivity index (χ1n) is 17.9. The van der Waals surface area contributed by atoms with E-state index in [-0.39, 0.29) is 48.7 Å². The maximum absolute atomic E-state index is 13.5. The highest BCUT2D eigenvalue weighted by atomic mass is 16.2. The molecule has 0 radical (unpaired) electrons. The van der Waals surface area contributed by atoms with Crippen LogP contribution in [0, 0.1) is 41.4 Å². The van der Waals surface area contributed by atoms with Gasteiger partial charge in [0.25, 0.3) is 0 Å². The molecule has 0 bridgehead atoms. The highest BCUT2D eigenvalue weighted by Crippen LogP contribution is 2.32. The molecule has 0 spiro atoms. The molecule has 0 saturated heterocycles. The van der Waals surface area contributed by atoms with E-state index in [1.165, 1.54) is 19.3 Å². The van der Waals surface area contributed by atoms with E-state index in [0.29, 0.717) is 17.8 Å². The first-order chi connectivity index (χ1) is 20.0. The average Bonchev–Trinajstić information content (AvgIpc) is 2.91. The van der Waals surface area contributed by atoms with Gasteiger partial charge in [0.15, 0.2) is 0 Å². The van der Waals surface area contributed by atoms with Crippen LogP contribution < -0.4 is 16.0 Å². The van der Waals surface area contributed by atoms with Crippen molar-refractivity contribution in [1.82, 2.24) is 16.0 Å². The fraction of sp³-hybridized carbons (Fsp3) is 0.917. The molecule has 0 aliphatic heterocycles. The van der Waals surface area contributed by atoms with Crippen molar-refractivity contribution in [3.63, 3.8) is 0 Å². The lowest BCUT2D eigenvalue weighted by atomic mass is 9.81. The summed E-state index contributed by atoms with van der Waals surface area (Å²) < 4.78 is 0. The van der Waals surface area contributed by atoms with Gasteiger partial charge in [-0.15, -0.1) is 0 Å². The molecule has 0 atom stereocenters.